The van der Waals surface area contributed by atoms with Crippen molar-refractivity contribution >= 4 is 50.6 Å². The van der Waals surface area contributed by atoms with Gasteiger partial charge in [0.15, 0.2) is 5.78 Å². The van der Waals surface area contributed by atoms with Crippen molar-refractivity contribution < 1.29 is 19.1 Å². The van der Waals surface area contributed by atoms with Gasteiger partial charge in [0.25, 0.3) is 5.91 Å². The van der Waals surface area contributed by atoms with Gasteiger partial charge in [0.2, 0.25) is 5.91 Å². The van der Waals surface area contributed by atoms with Crippen LogP contribution < -0.4 is 10.2 Å². The van der Waals surface area contributed by atoms with Gasteiger partial charge in [0, 0.05) is 38.1 Å². The number of carbonyl (C=O) groups is 3. The second-order valence-electron chi connectivity index (χ2n) is 8.07. The van der Waals surface area contributed by atoms with Gasteiger partial charge in [-0.1, -0.05) is 18.6 Å². The lowest BCUT2D eigenvalue weighted by Crippen LogP contribution is -2.55. The normalized spacial score (nSPS) is 21.7. The summed E-state index contributed by atoms with van der Waals surface area (Å²) in [7, 11) is 0. The summed E-state index contributed by atoms with van der Waals surface area (Å²) in [5.74, 6) is -0.163. The van der Waals surface area contributed by atoms with Crippen LogP contribution in [0, 0.1) is 0 Å². The average Bonchev–Trinajstić information content (AvgIpc) is 3.36. The van der Waals surface area contributed by atoms with Crippen LogP contribution in [0.5, 0.6) is 0 Å². The van der Waals surface area contributed by atoms with E-state index in [2.05, 4.69) is 21.2 Å². The van der Waals surface area contributed by atoms with Gasteiger partial charge in [-0.15, -0.1) is 11.3 Å². The van der Waals surface area contributed by atoms with Gasteiger partial charge in [-0.05, 0) is 58.6 Å². The predicted molar refractivity (Wildman–Crippen MR) is 124 cm³/mol. The number of hydrogen-bond donors (Lipinski definition) is 1. The van der Waals surface area contributed by atoms with E-state index >= 15 is 0 Å². The van der Waals surface area contributed by atoms with Crippen molar-refractivity contribution in [1.29, 1.82) is 0 Å². The number of nitrogens with zero attached hydrogens (tertiary/aromatic N) is 1. The number of nitrogens with one attached hydrogen (secondary N) is 1. The maximum absolute atomic E-state index is 13.2. The Bertz CT molecular complexity index is 966. The lowest BCUT2D eigenvalue weighted by Gasteiger charge is -2.27. The molecule has 2 aliphatic rings. The fourth-order valence-corrected chi connectivity index (χ4v) is 5.35. The molecule has 0 unspecified atom stereocenters. The molecule has 2 saturated heterocycles. The SMILES string of the molecule is O=C(N[C@@]1(C(=O)Cc2ccc(N3CCCCCC3=O)cc2)CCOC1)c1ccc(Br)s1. The van der Waals surface area contributed by atoms with Crippen LogP contribution in [0.4, 0.5) is 5.69 Å². The average molecular weight is 505 g/mol. The molecule has 2 amide bonds. The van der Waals surface area contributed by atoms with Crippen LogP contribution in [0.3, 0.4) is 0 Å². The quantitative estimate of drug-likeness (QED) is 0.641. The van der Waals surface area contributed by atoms with Gasteiger partial charge >= 0.3 is 0 Å². The van der Waals surface area contributed by atoms with Crippen molar-refractivity contribution in [3.8, 4) is 0 Å². The number of Topliss-reactive ketones (excluding diaryl/α,β-unsaturated/α-hetero) is 1. The molecule has 164 valence electrons. The number of ketones is 1. The molecule has 2 fully saturated rings. The maximum atomic E-state index is 13.2. The predicted octanol–water partition coefficient (Wildman–Crippen LogP) is 4.12. The zero-order valence-corrected chi connectivity index (χ0v) is 19.6. The van der Waals surface area contributed by atoms with Gasteiger partial charge in [-0.3, -0.25) is 14.4 Å². The van der Waals surface area contributed by atoms with E-state index in [1.165, 1.54) is 11.3 Å². The Labute approximate surface area is 194 Å². The molecule has 8 heteroatoms. The summed E-state index contributed by atoms with van der Waals surface area (Å²) in [6, 6.07) is 11.2. The van der Waals surface area contributed by atoms with Crippen LogP contribution in [0.15, 0.2) is 40.2 Å². The Morgan fingerprint density at radius 2 is 1.94 bits per heavy atom. The number of amides is 2. The molecule has 1 aromatic heterocycles. The number of anilines is 1. The number of ether oxygens (including phenoxy) is 1. The molecule has 0 aliphatic carbocycles. The van der Waals surface area contributed by atoms with Crippen LogP contribution in [0.1, 0.15) is 47.3 Å². The first-order chi connectivity index (χ1) is 15.0. The minimum atomic E-state index is -1.01. The summed E-state index contributed by atoms with van der Waals surface area (Å²) in [6.07, 6.45) is 4.28. The van der Waals surface area contributed by atoms with E-state index in [-0.39, 0.29) is 30.6 Å². The smallest absolute Gasteiger partial charge is 0.262 e. The molecule has 0 spiro atoms. The summed E-state index contributed by atoms with van der Waals surface area (Å²) in [6.45, 7) is 1.36. The number of thiophene rings is 1. The number of rotatable bonds is 6. The highest BCUT2D eigenvalue weighted by Crippen LogP contribution is 2.27. The van der Waals surface area contributed by atoms with Crippen molar-refractivity contribution in [2.24, 2.45) is 0 Å². The zero-order valence-electron chi connectivity index (χ0n) is 17.2. The minimum Gasteiger partial charge on any atom is -0.378 e. The van der Waals surface area contributed by atoms with Crippen molar-refractivity contribution in [2.45, 2.75) is 44.1 Å². The summed E-state index contributed by atoms with van der Waals surface area (Å²) in [5, 5.41) is 2.94. The Kier molecular flexibility index (Phi) is 6.89. The molecule has 4 rings (SSSR count). The first kappa shape index (κ1) is 22.2. The van der Waals surface area contributed by atoms with E-state index in [1.54, 1.807) is 6.07 Å². The van der Waals surface area contributed by atoms with E-state index in [0.717, 1.165) is 40.8 Å². The second kappa shape index (κ2) is 9.63. The Balaban J connectivity index is 1.45. The fraction of sp³-hybridized carbons (Fsp3) is 0.435. The lowest BCUT2D eigenvalue weighted by molar-refractivity contribution is -0.124. The van der Waals surface area contributed by atoms with Gasteiger partial charge in [-0.2, -0.15) is 0 Å². The standard InChI is InChI=1S/C23H25BrN2O4S/c24-20-10-9-18(31-20)22(29)25-23(11-13-30-15-23)19(27)14-16-5-7-17(8-6-16)26-12-3-1-2-4-21(26)28/h5-10H,1-4,11-15H2,(H,25,29)/t23-/m0/s1. The van der Waals surface area contributed by atoms with Gasteiger partial charge < -0.3 is 15.0 Å². The molecule has 0 radical (unpaired) electrons. The number of benzene rings is 1. The molecular weight excluding hydrogens is 480 g/mol. The summed E-state index contributed by atoms with van der Waals surface area (Å²) in [4.78, 5) is 40.6. The topological polar surface area (TPSA) is 75.7 Å². The van der Waals surface area contributed by atoms with Crippen LogP contribution in [-0.2, 0) is 20.7 Å². The first-order valence-corrected chi connectivity index (χ1v) is 12.2. The van der Waals surface area contributed by atoms with E-state index in [0.29, 0.717) is 24.3 Å². The van der Waals surface area contributed by atoms with E-state index in [9.17, 15) is 14.4 Å². The molecule has 3 heterocycles. The zero-order chi connectivity index (χ0) is 21.8. The summed E-state index contributed by atoms with van der Waals surface area (Å²) < 4.78 is 6.36. The van der Waals surface area contributed by atoms with E-state index < -0.39 is 5.54 Å². The molecule has 1 N–H and O–H groups in total. The molecular formula is C23H25BrN2O4S. The number of hydrogen-bond acceptors (Lipinski definition) is 5. The van der Waals surface area contributed by atoms with Crippen molar-refractivity contribution in [1.82, 2.24) is 5.32 Å². The number of halogens is 1. The van der Waals surface area contributed by atoms with Crippen LogP contribution in [0.2, 0.25) is 0 Å². The van der Waals surface area contributed by atoms with Crippen LogP contribution in [-0.4, -0.2) is 42.9 Å². The summed E-state index contributed by atoms with van der Waals surface area (Å²) in [5.41, 5.74) is 0.724. The van der Waals surface area contributed by atoms with Crippen molar-refractivity contribution in [3.05, 3.63) is 50.6 Å². The van der Waals surface area contributed by atoms with E-state index in [1.807, 2.05) is 35.2 Å². The van der Waals surface area contributed by atoms with Crippen molar-refractivity contribution in [2.75, 3.05) is 24.7 Å². The molecule has 2 aromatic rings. The molecule has 6 nitrogen and oxygen atoms in total. The Morgan fingerprint density at radius 1 is 1.13 bits per heavy atom. The first-order valence-electron chi connectivity index (χ1n) is 10.6. The highest BCUT2D eigenvalue weighted by molar-refractivity contribution is 9.11. The third-order valence-corrected chi connectivity index (χ3v) is 7.51. The molecule has 31 heavy (non-hydrogen) atoms. The molecule has 1 aromatic carbocycles. The van der Waals surface area contributed by atoms with Gasteiger partial charge in [0.1, 0.15) is 5.54 Å². The van der Waals surface area contributed by atoms with Crippen LogP contribution >= 0.6 is 27.3 Å². The lowest BCUT2D eigenvalue weighted by atomic mass is 9.88. The fourth-order valence-electron chi connectivity index (χ4n) is 4.07. The largest absolute Gasteiger partial charge is 0.378 e. The monoisotopic (exact) mass is 504 g/mol. The third-order valence-electron chi connectivity index (χ3n) is 5.89. The Hall–Kier alpha value is -2.03. The Morgan fingerprint density at radius 3 is 2.61 bits per heavy atom. The van der Waals surface area contributed by atoms with E-state index in [4.69, 9.17) is 4.74 Å². The molecule has 1 atom stereocenters. The highest BCUT2D eigenvalue weighted by atomic mass is 79.9. The maximum Gasteiger partial charge on any atom is 0.262 e. The second-order valence-corrected chi connectivity index (χ2v) is 10.5. The minimum absolute atomic E-state index is 0.0624. The number of carbonyl (C=O) groups excluding carboxylic acids is 3. The van der Waals surface area contributed by atoms with Gasteiger partial charge in [-0.25, -0.2) is 0 Å². The third kappa shape index (κ3) is 5.07. The van der Waals surface area contributed by atoms with Crippen molar-refractivity contribution in [3.63, 3.8) is 0 Å². The summed E-state index contributed by atoms with van der Waals surface area (Å²) >= 11 is 4.70. The highest BCUT2D eigenvalue weighted by Gasteiger charge is 2.43. The molecule has 2 aliphatic heterocycles. The van der Waals surface area contributed by atoms with Crippen LogP contribution in [0.25, 0.3) is 0 Å². The molecule has 0 saturated carbocycles. The van der Waals surface area contributed by atoms with Gasteiger partial charge in [0.05, 0.1) is 15.3 Å². The molecule has 0 bridgehead atoms.